The molecule has 1 aromatic heterocycles. The van der Waals surface area contributed by atoms with Gasteiger partial charge in [-0.2, -0.15) is 4.99 Å². The third-order valence-corrected chi connectivity index (χ3v) is 7.18. The van der Waals surface area contributed by atoms with Crippen molar-refractivity contribution in [3.63, 3.8) is 0 Å². The van der Waals surface area contributed by atoms with Gasteiger partial charge in [0.15, 0.2) is 6.10 Å². The average Bonchev–Trinajstić information content (AvgIpc) is 3.48. The fraction of sp³-hybridized carbons (Fsp3) is 0.517. The number of amides is 2. The summed E-state index contributed by atoms with van der Waals surface area (Å²) >= 11 is 1.26. The highest BCUT2D eigenvalue weighted by Gasteiger charge is 2.48. The molecule has 9 nitrogen and oxygen atoms in total. The summed E-state index contributed by atoms with van der Waals surface area (Å²) in [7, 11) is 0. The Balaban J connectivity index is 1.78. The van der Waals surface area contributed by atoms with Gasteiger partial charge in [0.2, 0.25) is 11.7 Å². The Morgan fingerprint density at radius 3 is 2.44 bits per heavy atom. The molecule has 3 rings (SSSR count). The number of aryl methyl sites for hydroxylation is 1. The summed E-state index contributed by atoms with van der Waals surface area (Å²) in [4.78, 5) is 43.5. The Morgan fingerprint density at radius 2 is 1.90 bits per heavy atom. The highest BCUT2D eigenvalue weighted by atomic mass is 32.1. The van der Waals surface area contributed by atoms with Crippen LogP contribution in [0.1, 0.15) is 69.6 Å². The zero-order chi connectivity index (χ0) is 28.8. The summed E-state index contributed by atoms with van der Waals surface area (Å²) in [6, 6.07) is 10.5. The Bertz CT molecular complexity index is 1170. The third-order valence-electron chi connectivity index (χ3n) is 6.32. The molecule has 2 heterocycles. The summed E-state index contributed by atoms with van der Waals surface area (Å²) in [6.45, 7) is 11.5. The summed E-state index contributed by atoms with van der Waals surface area (Å²) in [6.07, 6.45) is 0.631. The predicted molar refractivity (Wildman–Crippen MR) is 151 cm³/mol. The normalized spacial score (nSPS) is 18.8. The molecule has 0 saturated carbocycles. The van der Waals surface area contributed by atoms with Crippen LogP contribution in [0, 0.1) is 11.3 Å². The number of nitrogens with one attached hydrogen (secondary N) is 1. The minimum atomic E-state index is -1.13. The molecule has 0 spiro atoms. The summed E-state index contributed by atoms with van der Waals surface area (Å²) in [5, 5.41) is 4.73. The molecule has 39 heavy (non-hydrogen) atoms. The van der Waals surface area contributed by atoms with Crippen molar-refractivity contribution < 1.29 is 28.6 Å². The van der Waals surface area contributed by atoms with Crippen molar-refractivity contribution in [3.05, 3.63) is 52.2 Å². The van der Waals surface area contributed by atoms with Crippen LogP contribution in [0.25, 0.3) is 0 Å². The number of nitrogens with zero attached hydrogens (tertiary/aromatic N) is 1. The molecular weight excluding hydrogens is 518 g/mol. The second-order valence-corrected chi connectivity index (χ2v) is 12.0. The van der Waals surface area contributed by atoms with Gasteiger partial charge in [-0.25, -0.2) is 4.79 Å². The number of amidine groups is 1. The predicted octanol–water partition coefficient (Wildman–Crippen LogP) is 4.49. The summed E-state index contributed by atoms with van der Waals surface area (Å²) < 4.78 is 16.7. The monoisotopic (exact) mass is 557 g/mol. The van der Waals surface area contributed by atoms with Gasteiger partial charge in [-0.3, -0.25) is 9.59 Å². The Kier molecular flexibility index (Phi) is 9.90. The number of ether oxygens (including phenoxy) is 3. The van der Waals surface area contributed by atoms with Crippen molar-refractivity contribution in [2.45, 2.75) is 78.7 Å². The minimum absolute atomic E-state index is 0.00219. The van der Waals surface area contributed by atoms with Gasteiger partial charge < -0.3 is 25.3 Å². The van der Waals surface area contributed by atoms with Crippen molar-refractivity contribution in [2.75, 3.05) is 6.61 Å². The second kappa shape index (κ2) is 12.7. The molecule has 3 atom stereocenters. The van der Waals surface area contributed by atoms with E-state index in [4.69, 9.17) is 19.9 Å². The molecule has 1 aromatic carbocycles. The number of cyclic esters (lactones) is 1. The fourth-order valence-electron chi connectivity index (χ4n) is 4.41. The maximum atomic E-state index is 13.7. The van der Waals surface area contributed by atoms with E-state index in [1.54, 1.807) is 31.4 Å². The number of hydrogen-bond donors (Lipinski definition) is 2. The number of rotatable bonds is 11. The van der Waals surface area contributed by atoms with E-state index in [9.17, 15) is 14.4 Å². The SMILES string of the molecule is CCOc1ccc(CCCC(C(=O)NC(C(N)=NC(=O)c2cccs2)C(C)(C)C)C2OC(C)(C)OC2=O)cc1. The standard InChI is InChI=1S/C29H39N3O6S/c1-7-36-19-15-13-18(14-16-19)10-8-11-20(22-27(35)38-29(5,6)37-22)25(33)31-23(28(2,3)4)24(30)32-26(34)21-12-9-17-39-21/h9,12-17,20,22-23H,7-8,10-11H2,1-6H3,(H,31,33)(H2,30,32,34). The van der Waals surface area contributed by atoms with Crippen LogP contribution < -0.4 is 15.8 Å². The maximum Gasteiger partial charge on any atom is 0.338 e. The van der Waals surface area contributed by atoms with E-state index in [0.29, 0.717) is 30.7 Å². The molecule has 3 N–H and O–H groups in total. The number of benzene rings is 1. The number of thiophene rings is 1. The molecule has 1 fully saturated rings. The molecule has 212 valence electrons. The number of esters is 1. The zero-order valence-corrected chi connectivity index (χ0v) is 24.3. The van der Waals surface area contributed by atoms with E-state index in [-0.39, 0.29) is 5.84 Å². The van der Waals surface area contributed by atoms with Crippen LogP contribution in [0.5, 0.6) is 5.75 Å². The zero-order valence-electron chi connectivity index (χ0n) is 23.5. The third kappa shape index (κ3) is 8.37. The lowest BCUT2D eigenvalue weighted by Gasteiger charge is -2.33. The summed E-state index contributed by atoms with van der Waals surface area (Å²) in [5.74, 6) is -2.63. The molecule has 0 aliphatic carbocycles. The molecule has 1 aliphatic heterocycles. The first-order valence-corrected chi connectivity index (χ1v) is 14.0. The van der Waals surface area contributed by atoms with E-state index in [0.717, 1.165) is 11.3 Å². The number of carbonyl (C=O) groups is 3. The van der Waals surface area contributed by atoms with Gasteiger partial charge in [-0.05, 0) is 60.7 Å². The first kappa shape index (κ1) is 30.3. The van der Waals surface area contributed by atoms with Gasteiger partial charge in [-0.1, -0.05) is 39.0 Å². The number of hydrogen-bond acceptors (Lipinski definition) is 7. The number of carbonyl (C=O) groups excluding carboxylic acids is 3. The van der Waals surface area contributed by atoms with Gasteiger partial charge in [0, 0.05) is 13.8 Å². The van der Waals surface area contributed by atoms with E-state index in [1.165, 1.54) is 11.3 Å². The van der Waals surface area contributed by atoms with Gasteiger partial charge in [-0.15, -0.1) is 11.3 Å². The van der Waals surface area contributed by atoms with Crippen LogP contribution in [0.4, 0.5) is 0 Å². The van der Waals surface area contributed by atoms with Crippen LogP contribution in [-0.4, -0.2) is 48.2 Å². The second-order valence-electron chi connectivity index (χ2n) is 11.1. The van der Waals surface area contributed by atoms with Crippen molar-refractivity contribution in [3.8, 4) is 5.75 Å². The lowest BCUT2D eigenvalue weighted by Crippen LogP contribution is -2.55. The van der Waals surface area contributed by atoms with E-state index < -0.39 is 47.0 Å². The van der Waals surface area contributed by atoms with Crippen LogP contribution in [0.2, 0.25) is 0 Å². The first-order valence-electron chi connectivity index (χ1n) is 13.2. The molecule has 0 bridgehead atoms. The van der Waals surface area contributed by atoms with Crippen molar-refractivity contribution >= 4 is 35.0 Å². The Morgan fingerprint density at radius 1 is 1.21 bits per heavy atom. The highest BCUT2D eigenvalue weighted by molar-refractivity contribution is 7.12. The number of aliphatic imine (C=N–C) groups is 1. The molecular formula is C29H39N3O6S. The van der Waals surface area contributed by atoms with E-state index in [2.05, 4.69) is 10.3 Å². The van der Waals surface area contributed by atoms with Crippen molar-refractivity contribution in [1.29, 1.82) is 0 Å². The Labute approximate surface area is 234 Å². The van der Waals surface area contributed by atoms with Crippen molar-refractivity contribution in [2.24, 2.45) is 22.1 Å². The van der Waals surface area contributed by atoms with Gasteiger partial charge in [0.1, 0.15) is 11.6 Å². The molecule has 3 unspecified atom stereocenters. The quantitative estimate of drug-likeness (QED) is 0.237. The largest absolute Gasteiger partial charge is 0.494 e. The molecule has 10 heteroatoms. The van der Waals surface area contributed by atoms with Gasteiger partial charge in [0.25, 0.3) is 5.91 Å². The van der Waals surface area contributed by atoms with E-state index >= 15 is 0 Å². The van der Waals surface area contributed by atoms with Gasteiger partial charge in [0.05, 0.1) is 23.4 Å². The van der Waals surface area contributed by atoms with Crippen LogP contribution in [0.3, 0.4) is 0 Å². The molecule has 2 amide bonds. The van der Waals surface area contributed by atoms with Crippen LogP contribution in [0.15, 0.2) is 46.8 Å². The van der Waals surface area contributed by atoms with E-state index in [1.807, 2.05) is 52.0 Å². The summed E-state index contributed by atoms with van der Waals surface area (Å²) in [5.41, 5.74) is 6.80. The van der Waals surface area contributed by atoms with Crippen LogP contribution >= 0.6 is 11.3 Å². The molecule has 0 radical (unpaired) electrons. The lowest BCUT2D eigenvalue weighted by molar-refractivity contribution is -0.162. The average molecular weight is 558 g/mol. The molecule has 1 aliphatic rings. The van der Waals surface area contributed by atoms with Gasteiger partial charge >= 0.3 is 5.97 Å². The highest BCUT2D eigenvalue weighted by Crippen LogP contribution is 2.31. The van der Waals surface area contributed by atoms with Crippen LogP contribution in [-0.2, 0) is 25.5 Å². The minimum Gasteiger partial charge on any atom is -0.494 e. The first-order chi connectivity index (χ1) is 18.3. The Hall–Kier alpha value is -3.24. The lowest BCUT2D eigenvalue weighted by atomic mass is 9.84. The smallest absolute Gasteiger partial charge is 0.338 e. The molecule has 2 aromatic rings. The maximum absolute atomic E-state index is 13.7. The van der Waals surface area contributed by atoms with Crippen molar-refractivity contribution in [1.82, 2.24) is 5.32 Å². The topological polar surface area (TPSA) is 129 Å². The number of nitrogens with two attached hydrogens (primary N) is 1. The fourth-order valence-corrected chi connectivity index (χ4v) is 5.02. The molecule has 1 saturated heterocycles.